The molecule has 9 heteroatoms. The molecule has 0 amide bonds. The zero-order valence-corrected chi connectivity index (χ0v) is 15.0. The van der Waals surface area contributed by atoms with Gasteiger partial charge in [0, 0.05) is 5.56 Å². The van der Waals surface area contributed by atoms with Gasteiger partial charge < -0.3 is 4.74 Å². The molecule has 0 aliphatic carbocycles. The van der Waals surface area contributed by atoms with Gasteiger partial charge in [0.25, 0.3) is 0 Å². The first-order chi connectivity index (χ1) is 12.5. The monoisotopic (exact) mass is 420 g/mol. The van der Waals surface area contributed by atoms with Crippen LogP contribution >= 0.6 is 23.2 Å². The van der Waals surface area contributed by atoms with E-state index in [1.165, 1.54) is 0 Å². The van der Waals surface area contributed by atoms with Gasteiger partial charge in [0.05, 0.1) is 28.3 Å². The molecular formula is C18H10Cl2F4O3. The van der Waals surface area contributed by atoms with E-state index in [-0.39, 0.29) is 16.1 Å². The minimum absolute atomic E-state index is 0.0407. The fourth-order valence-electron chi connectivity index (χ4n) is 2.15. The Kier molecular flexibility index (Phi) is 6.28. The Balaban J connectivity index is 2.48. The molecule has 0 spiro atoms. The molecule has 0 fully saturated rings. The zero-order chi connectivity index (χ0) is 20.4. The smallest absolute Gasteiger partial charge is 0.417 e. The Morgan fingerprint density at radius 1 is 1.00 bits per heavy atom. The molecule has 142 valence electrons. The standard InChI is InChI=1S/C18H10Cl2F4O3/c1-27-17(26)11-4-2-10(7-13(11)19)16(25)8-12(18(22,23)24)9-3-5-15(21)14(20)6-9/h2-8H,1H3. The number of alkyl halides is 3. The molecule has 0 atom stereocenters. The third-order valence-electron chi connectivity index (χ3n) is 3.47. The van der Waals surface area contributed by atoms with E-state index in [1.54, 1.807) is 0 Å². The molecule has 0 saturated heterocycles. The Morgan fingerprint density at radius 2 is 1.59 bits per heavy atom. The van der Waals surface area contributed by atoms with Crippen LogP contribution in [0.4, 0.5) is 17.6 Å². The van der Waals surface area contributed by atoms with E-state index in [9.17, 15) is 27.2 Å². The number of halogens is 6. The van der Waals surface area contributed by atoms with Crippen molar-refractivity contribution in [3.05, 3.63) is 75.0 Å². The molecule has 0 aliphatic heterocycles. The SMILES string of the molecule is COC(=O)c1ccc(C(=O)C=C(c2ccc(F)c(Cl)c2)C(F)(F)F)cc1Cl. The lowest BCUT2D eigenvalue weighted by molar-refractivity contribution is -0.0689. The van der Waals surface area contributed by atoms with Gasteiger partial charge in [-0.3, -0.25) is 4.79 Å². The molecule has 0 N–H and O–H groups in total. The van der Waals surface area contributed by atoms with E-state index in [0.29, 0.717) is 6.08 Å². The van der Waals surface area contributed by atoms with Crippen LogP contribution in [0.25, 0.3) is 5.57 Å². The van der Waals surface area contributed by atoms with Gasteiger partial charge >= 0.3 is 12.1 Å². The summed E-state index contributed by atoms with van der Waals surface area (Å²) in [6.07, 6.45) is -4.54. The molecule has 0 heterocycles. The van der Waals surface area contributed by atoms with E-state index >= 15 is 0 Å². The van der Waals surface area contributed by atoms with Gasteiger partial charge in [-0.15, -0.1) is 0 Å². The molecule has 27 heavy (non-hydrogen) atoms. The lowest BCUT2D eigenvalue weighted by Gasteiger charge is -2.12. The van der Waals surface area contributed by atoms with E-state index < -0.39 is 39.9 Å². The van der Waals surface area contributed by atoms with Crippen LogP contribution in [0, 0.1) is 5.82 Å². The maximum Gasteiger partial charge on any atom is 0.417 e. The molecular weight excluding hydrogens is 411 g/mol. The molecule has 0 aliphatic rings. The normalized spacial score (nSPS) is 12.0. The fourth-order valence-corrected chi connectivity index (χ4v) is 2.59. The number of ether oxygens (including phenoxy) is 1. The van der Waals surface area contributed by atoms with Gasteiger partial charge in [0.2, 0.25) is 0 Å². The van der Waals surface area contributed by atoms with Crippen LogP contribution in [0.2, 0.25) is 10.0 Å². The number of esters is 1. The van der Waals surface area contributed by atoms with Crippen LogP contribution < -0.4 is 0 Å². The first kappa shape index (κ1) is 20.9. The van der Waals surface area contributed by atoms with Crippen LogP contribution in [0.3, 0.4) is 0 Å². The van der Waals surface area contributed by atoms with Gasteiger partial charge in [-0.25, -0.2) is 9.18 Å². The number of hydrogen-bond acceptors (Lipinski definition) is 3. The fraction of sp³-hybridized carbons (Fsp3) is 0.111. The minimum Gasteiger partial charge on any atom is -0.465 e. The number of carbonyl (C=O) groups is 2. The Morgan fingerprint density at radius 3 is 2.11 bits per heavy atom. The van der Waals surface area contributed by atoms with Gasteiger partial charge in [-0.2, -0.15) is 13.2 Å². The first-order valence-electron chi connectivity index (χ1n) is 7.21. The third-order valence-corrected chi connectivity index (χ3v) is 4.07. The summed E-state index contributed by atoms with van der Waals surface area (Å²) >= 11 is 11.4. The molecule has 2 aromatic carbocycles. The first-order valence-corrected chi connectivity index (χ1v) is 7.96. The summed E-state index contributed by atoms with van der Waals surface area (Å²) in [4.78, 5) is 23.7. The van der Waals surface area contributed by atoms with Crippen molar-refractivity contribution in [3.63, 3.8) is 0 Å². The van der Waals surface area contributed by atoms with Crippen LogP contribution in [0.5, 0.6) is 0 Å². The van der Waals surface area contributed by atoms with Crippen molar-refractivity contribution in [1.82, 2.24) is 0 Å². The molecule has 0 saturated carbocycles. The van der Waals surface area contributed by atoms with Gasteiger partial charge in [-0.1, -0.05) is 35.3 Å². The van der Waals surface area contributed by atoms with Crippen molar-refractivity contribution >= 4 is 40.5 Å². The van der Waals surface area contributed by atoms with Crippen LogP contribution in [-0.2, 0) is 4.74 Å². The Hall–Kier alpha value is -2.38. The minimum atomic E-state index is -4.90. The average Bonchev–Trinajstić information content (AvgIpc) is 2.60. The quantitative estimate of drug-likeness (QED) is 0.273. The number of benzene rings is 2. The summed E-state index contributed by atoms with van der Waals surface area (Å²) in [6.45, 7) is 0. The van der Waals surface area contributed by atoms with E-state index in [0.717, 1.165) is 43.5 Å². The predicted octanol–water partition coefficient (Wildman–Crippen LogP) is 5.75. The Labute approximate surface area is 161 Å². The van der Waals surface area contributed by atoms with Crippen molar-refractivity contribution in [2.24, 2.45) is 0 Å². The topological polar surface area (TPSA) is 43.4 Å². The highest BCUT2D eigenvalue weighted by atomic mass is 35.5. The van der Waals surface area contributed by atoms with Crippen LogP contribution in [-0.4, -0.2) is 25.0 Å². The summed E-state index contributed by atoms with van der Waals surface area (Å²) in [5.41, 5.74) is -1.99. The summed E-state index contributed by atoms with van der Waals surface area (Å²) in [5, 5.41) is -0.667. The largest absolute Gasteiger partial charge is 0.465 e. The molecule has 0 unspecified atom stereocenters. The number of ketones is 1. The number of methoxy groups -OCH3 is 1. The third kappa shape index (κ3) is 4.87. The average molecular weight is 421 g/mol. The van der Waals surface area contributed by atoms with Crippen molar-refractivity contribution in [2.45, 2.75) is 6.18 Å². The predicted molar refractivity (Wildman–Crippen MR) is 92.6 cm³/mol. The molecule has 2 aromatic rings. The lowest BCUT2D eigenvalue weighted by atomic mass is 10.0. The second kappa shape index (κ2) is 8.10. The summed E-state index contributed by atoms with van der Waals surface area (Å²) in [6, 6.07) is 5.76. The van der Waals surface area contributed by atoms with Crippen molar-refractivity contribution in [3.8, 4) is 0 Å². The summed E-state index contributed by atoms with van der Waals surface area (Å²) < 4.78 is 57.8. The number of carbonyl (C=O) groups excluding carboxylic acids is 2. The lowest BCUT2D eigenvalue weighted by Crippen LogP contribution is -2.13. The van der Waals surface area contributed by atoms with Crippen molar-refractivity contribution in [2.75, 3.05) is 7.11 Å². The highest BCUT2D eigenvalue weighted by Gasteiger charge is 2.35. The molecule has 0 radical (unpaired) electrons. The van der Waals surface area contributed by atoms with Crippen LogP contribution in [0.1, 0.15) is 26.3 Å². The molecule has 2 rings (SSSR count). The number of allylic oxidation sites excluding steroid dienone is 2. The zero-order valence-electron chi connectivity index (χ0n) is 13.5. The highest BCUT2D eigenvalue weighted by molar-refractivity contribution is 6.34. The summed E-state index contributed by atoms with van der Waals surface area (Å²) in [7, 11) is 1.13. The second-order valence-corrected chi connectivity index (χ2v) is 6.05. The van der Waals surface area contributed by atoms with E-state index in [1.807, 2.05) is 0 Å². The van der Waals surface area contributed by atoms with Gasteiger partial charge in [0.1, 0.15) is 5.82 Å². The molecule has 0 bridgehead atoms. The maximum absolute atomic E-state index is 13.4. The molecule has 0 aromatic heterocycles. The van der Waals surface area contributed by atoms with Crippen molar-refractivity contribution in [1.29, 1.82) is 0 Å². The van der Waals surface area contributed by atoms with E-state index in [2.05, 4.69) is 4.74 Å². The van der Waals surface area contributed by atoms with Crippen molar-refractivity contribution < 1.29 is 31.9 Å². The Bertz CT molecular complexity index is 937. The van der Waals surface area contributed by atoms with E-state index in [4.69, 9.17) is 23.2 Å². The van der Waals surface area contributed by atoms with Crippen LogP contribution in [0.15, 0.2) is 42.5 Å². The molecule has 3 nitrogen and oxygen atoms in total. The van der Waals surface area contributed by atoms with Gasteiger partial charge in [-0.05, 0) is 35.9 Å². The second-order valence-electron chi connectivity index (χ2n) is 5.24. The van der Waals surface area contributed by atoms with Gasteiger partial charge in [0.15, 0.2) is 5.78 Å². The summed E-state index contributed by atoms with van der Waals surface area (Å²) in [5.74, 6) is -2.66. The highest BCUT2D eigenvalue weighted by Crippen LogP contribution is 2.35. The maximum atomic E-state index is 13.4. The number of rotatable bonds is 4. The number of hydrogen-bond donors (Lipinski definition) is 0.